The largest absolute Gasteiger partial charge is 0.294 e. The molecule has 1 aliphatic carbocycles. The number of hydrogen-bond donors (Lipinski definition) is 0. The summed E-state index contributed by atoms with van der Waals surface area (Å²) < 4.78 is 0. The average molecular weight is 176 g/mol. The highest BCUT2D eigenvalue weighted by atomic mass is 16.1. The zero-order valence-corrected chi connectivity index (χ0v) is 7.44. The van der Waals surface area contributed by atoms with E-state index in [-0.39, 0.29) is 5.78 Å². The molecular weight excluding hydrogens is 164 g/mol. The number of Topliss-reactive ketones (excluding diaryl/α,β-unsaturated/α-hetero) is 1. The first-order valence-electron chi connectivity index (χ1n) is 4.64. The number of hydrogen-bond acceptors (Lipinski definition) is 3. The third-order valence-electron chi connectivity index (χ3n) is 2.36. The second kappa shape index (κ2) is 3.64. The molecular formula is C10H12N2O. The molecule has 0 amide bonds. The van der Waals surface area contributed by atoms with Gasteiger partial charge in [0, 0.05) is 18.8 Å². The summed E-state index contributed by atoms with van der Waals surface area (Å²) in [6.07, 6.45) is 8.91. The van der Waals surface area contributed by atoms with Crippen molar-refractivity contribution in [1.29, 1.82) is 0 Å². The first-order valence-corrected chi connectivity index (χ1v) is 4.64. The fraction of sp³-hybridized carbons (Fsp3) is 0.500. The van der Waals surface area contributed by atoms with Crippen molar-refractivity contribution >= 4 is 5.78 Å². The van der Waals surface area contributed by atoms with Crippen LogP contribution < -0.4 is 0 Å². The smallest absolute Gasteiger partial charge is 0.165 e. The summed E-state index contributed by atoms with van der Waals surface area (Å²) in [7, 11) is 0. The number of ketones is 1. The maximum atomic E-state index is 11.5. The predicted molar refractivity (Wildman–Crippen MR) is 48.3 cm³/mol. The summed E-state index contributed by atoms with van der Waals surface area (Å²) in [5.41, 5.74) is 0.642. The highest BCUT2D eigenvalue weighted by Crippen LogP contribution is 2.33. The van der Waals surface area contributed by atoms with Gasteiger partial charge in [-0.25, -0.2) is 9.97 Å². The van der Waals surface area contributed by atoms with Gasteiger partial charge in [-0.15, -0.1) is 0 Å². The number of carbonyl (C=O) groups excluding carboxylic acids is 1. The standard InChI is InChI=1S/C10H12N2O/c13-10(4-3-8-1-2-8)9-5-11-7-12-6-9/h5-8H,1-4H2. The predicted octanol–water partition coefficient (Wildman–Crippen LogP) is 1.85. The van der Waals surface area contributed by atoms with E-state index in [0.717, 1.165) is 12.3 Å². The third kappa shape index (κ3) is 2.34. The van der Waals surface area contributed by atoms with E-state index < -0.39 is 0 Å². The van der Waals surface area contributed by atoms with Gasteiger partial charge in [0.15, 0.2) is 5.78 Å². The lowest BCUT2D eigenvalue weighted by molar-refractivity contribution is 0.0977. The maximum Gasteiger partial charge on any atom is 0.165 e. The summed E-state index contributed by atoms with van der Waals surface area (Å²) in [5, 5.41) is 0. The zero-order valence-electron chi connectivity index (χ0n) is 7.44. The van der Waals surface area contributed by atoms with Gasteiger partial charge in [-0.05, 0) is 12.3 Å². The van der Waals surface area contributed by atoms with Gasteiger partial charge in [0.25, 0.3) is 0 Å². The Labute approximate surface area is 77.2 Å². The van der Waals surface area contributed by atoms with Crippen LogP contribution in [0.2, 0.25) is 0 Å². The molecule has 2 rings (SSSR count). The molecule has 0 unspecified atom stereocenters. The Bertz CT molecular complexity index is 293. The molecule has 0 N–H and O–H groups in total. The molecule has 1 fully saturated rings. The van der Waals surface area contributed by atoms with Crippen molar-refractivity contribution in [3.8, 4) is 0 Å². The second-order valence-electron chi connectivity index (χ2n) is 3.53. The molecule has 3 heteroatoms. The Morgan fingerprint density at radius 2 is 2.08 bits per heavy atom. The molecule has 1 aromatic heterocycles. The van der Waals surface area contributed by atoms with Crippen molar-refractivity contribution in [2.75, 3.05) is 0 Å². The van der Waals surface area contributed by atoms with Crippen LogP contribution in [-0.2, 0) is 0 Å². The summed E-state index contributed by atoms with van der Waals surface area (Å²) in [6.45, 7) is 0. The average Bonchev–Trinajstić information content (AvgIpc) is 2.99. The molecule has 0 aliphatic heterocycles. The zero-order chi connectivity index (χ0) is 9.10. The molecule has 0 saturated heterocycles. The van der Waals surface area contributed by atoms with E-state index in [9.17, 15) is 4.79 Å². The van der Waals surface area contributed by atoms with Gasteiger partial charge in [-0.2, -0.15) is 0 Å². The van der Waals surface area contributed by atoms with Gasteiger partial charge in [0.05, 0.1) is 5.56 Å². The molecule has 1 aliphatic rings. The van der Waals surface area contributed by atoms with E-state index >= 15 is 0 Å². The Kier molecular flexibility index (Phi) is 2.34. The summed E-state index contributed by atoms with van der Waals surface area (Å²) in [4.78, 5) is 19.1. The van der Waals surface area contributed by atoms with Crippen molar-refractivity contribution in [3.63, 3.8) is 0 Å². The second-order valence-corrected chi connectivity index (χ2v) is 3.53. The van der Waals surface area contributed by atoms with Crippen molar-refractivity contribution in [1.82, 2.24) is 9.97 Å². The molecule has 3 nitrogen and oxygen atoms in total. The maximum absolute atomic E-state index is 11.5. The number of rotatable bonds is 4. The van der Waals surface area contributed by atoms with Crippen LogP contribution in [0.3, 0.4) is 0 Å². The van der Waals surface area contributed by atoms with Crippen LogP contribution in [0.5, 0.6) is 0 Å². The Morgan fingerprint density at radius 1 is 1.38 bits per heavy atom. The molecule has 13 heavy (non-hydrogen) atoms. The third-order valence-corrected chi connectivity index (χ3v) is 2.36. The first kappa shape index (κ1) is 8.35. The van der Waals surface area contributed by atoms with Gasteiger partial charge in [-0.3, -0.25) is 4.79 Å². The van der Waals surface area contributed by atoms with Crippen LogP contribution in [0.25, 0.3) is 0 Å². The summed E-state index contributed by atoms with van der Waals surface area (Å²) in [5.74, 6) is 0.987. The molecule has 0 radical (unpaired) electrons. The van der Waals surface area contributed by atoms with Crippen molar-refractivity contribution < 1.29 is 4.79 Å². The van der Waals surface area contributed by atoms with E-state index in [1.807, 2.05) is 0 Å². The lowest BCUT2D eigenvalue weighted by atomic mass is 10.1. The molecule has 1 heterocycles. The van der Waals surface area contributed by atoms with Gasteiger partial charge < -0.3 is 0 Å². The summed E-state index contributed by atoms with van der Waals surface area (Å²) >= 11 is 0. The minimum Gasteiger partial charge on any atom is -0.294 e. The van der Waals surface area contributed by atoms with Crippen molar-refractivity contribution in [2.24, 2.45) is 5.92 Å². The fourth-order valence-electron chi connectivity index (χ4n) is 1.33. The van der Waals surface area contributed by atoms with E-state index in [0.29, 0.717) is 12.0 Å². The van der Waals surface area contributed by atoms with E-state index in [4.69, 9.17) is 0 Å². The van der Waals surface area contributed by atoms with Gasteiger partial charge in [-0.1, -0.05) is 12.8 Å². The first-order chi connectivity index (χ1) is 6.36. The molecule has 1 aromatic rings. The van der Waals surface area contributed by atoms with Crippen LogP contribution in [-0.4, -0.2) is 15.8 Å². The highest BCUT2D eigenvalue weighted by Gasteiger charge is 2.22. The minimum absolute atomic E-state index is 0.174. The van der Waals surface area contributed by atoms with E-state index in [2.05, 4.69) is 9.97 Å². The van der Waals surface area contributed by atoms with Gasteiger partial charge >= 0.3 is 0 Å². The van der Waals surface area contributed by atoms with Crippen molar-refractivity contribution in [2.45, 2.75) is 25.7 Å². The SMILES string of the molecule is O=C(CCC1CC1)c1cncnc1. The Balaban J connectivity index is 1.89. The van der Waals surface area contributed by atoms with Crippen molar-refractivity contribution in [3.05, 3.63) is 24.3 Å². The highest BCUT2D eigenvalue weighted by molar-refractivity contribution is 5.95. The molecule has 1 saturated carbocycles. The Hall–Kier alpha value is -1.25. The van der Waals surface area contributed by atoms with Crippen LogP contribution in [0, 0.1) is 5.92 Å². The monoisotopic (exact) mass is 176 g/mol. The molecule has 68 valence electrons. The van der Waals surface area contributed by atoms with Gasteiger partial charge in [0.1, 0.15) is 6.33 Å². The normalized spacial score (nSPS) is 15.7. The molecule has 0 aromatic carbocycles. The number of carbonyl (C=O) groups is 1. The number of aromatic nitrogens is 2. The van der Waals surface area contributed by atoms with Crippen LogP contribution in [0.15, 0.2) is 18.7 Å². The molecule has 0 spiro atoms. The Morgan fingerprint density at radius 3 is 2.69 bits per heavy atom. The lowest BCUT2D eigenvalue weighted by Gasteiger charge is -1.97. The molecule has 0 atom stereocenters. The fourth-order valence-corrected chi connectivity index (χ4v) is 1.33. The summed E-state index contributed by atoms with van der Waals surface area (Å²) in [6, 6.07) is 0. The topological polar surface area (TPSA) is 42.9 Å². The quantitative estimate of drug-likeness (QED) is 0.657. The van der Waals surface area contributed by atoms with E-state index in [1.165, 1.54) is 19.2 Å². The molecule has 0 bridgehead atoms. The van der Waals surface area contributed by atoms with Crippen LogP contribution in [0.1, 0.15) is 36.0 Å². The van der Waals surface area contributed by atoms with E-state index in [1.54, 1.807) is 12.4 Å². The van der Waals surface area contributed by atoms with Crippen LogP contribution in [0.4, 0.5) is 0 Å². The van der Waals surface area contributed by atoms with Gasteiger partial charge in [0.2, 0.25) is 0 Å². The number of nitrogens with zero attached hydrogens (tertiary/aromatic N) is 2. The lowest BCUT2D eigenvalue weighted by Crippen LogP contribution is -2.00. The van der Waals surface area contributed by atoms with Crippen LogP contribution >= 0.6 is 0 Å². The minimum atomic E-state index is 0.174.